The number of carbonyl (C=O) groups is 2. The number of aliphatic hydroxyl groups excluding tert-OH is 1. The lowest BCUT2D eigenvalue weighted by Crippen LogP contribution is -2.47. The van der Waals surface area contributed by atoms with Crippen molar-refractivity contribution >= 4 is 12.4 Å². The number of carbonyl (C=O) groups excluding carboxylic acids is 2. The van der Waals surface area contributed by atoms with Crippen LogP contribution in [-0.2, 0) is 19.1 Å². The van der Waals surface area contributed by atoms with Gasteiger partial charge in [-0.05, 0) is 19.4 Å². The van der Waals surface area contributed by atoms with Gasteiger partial charge in [0.15, 0.2) is 6.04 Å². The molecule has 0 radical (unpaired) electrons. The third kappa shape index (κ3) is 5.46. The van der Waals surface area contributed by atoms with Crippen LogP contribution in [0.5, 0.6) is 0 Å². The van der Waals surface area contributed by atoms with Crippen molar-refractivity contribution in [3.63, 3.8) is 0 Å². The van der Waals surface area contributed by atoms with Gasteiger partial charge >= 0.3 is 5.97 Å². The first-order valence-electron chi connectivity index (χ1n) is 5.38. The maximum atomic E-state index is 11.5. The standard InChI is InChI=1S/C11H19NO5/c1-4-16-6-8(3)10(14)9(12-7-13)11(15)17-5-2/h7,9-10,14H,3-6H2,1-2H3,(H,12,13). The number of aliphatic hydroxyl groups is 1. The van der Waals surface area contributed by atoms with Gasteiger partial charge in [-0.25, -0.2) is 4.79 Å². The van der Waals surface area contributed by atoms with Gasteiger partial charge in [-0.15, -0.1) is 0 Å². The number of nitrogens with one attached hydrogen (secondary N) is 1. The molecule has 0 fully saturated rings. The topological polar surface area (TPSA) is 84.9 Å². The monoisotopic (exact) mass is 245 g/mol. The van der Waals surface area contributed by atoms with Gasteiger partial charge in [0.25, 0.3) is 0 Å². The minimum absolute atomic E-state index is 0.119. The van der Waals surface area contributed by atoms with E-state index in [-0.39, 0.29) is 13.2 Å². The lowest BCUT2D eigenvalue weighted by atomic mass is 10.0. The highest BCUT2D eigenvalue weighted by molar-refractivity contribution is 5.79. The maximum Gasteiger partial charge on any atom is 0.331 e. The molecule has 1 amide bonds. The molecule has 0 saturated heterocycles. The number of hydrogen-bond donors (Lipinski definition) is 2. The summed E-state index contributed by atoms with van der Waals surface area (Å²) in [7, 11) is 0. The predicted molar refractivity (Wildman–Crippen MR) is 61.3 cm³/mol. The Morgan fingerprint density at radius 3 is 2.59 bits per heavy atom. The first kappa shape index (κ1) is 15.6. The van der Waals surface area contributed by atoms with Gasteiger partial charge in [0.1, 0.15) is 6.10 Å². The number of ether oxygens (including phenoxy) is 2. The number of rotatable bonds is 9. The second-order valence-electron chi connectivity index (χ2n) is 3.25. The van der Waals surface area contributed by atoms with E-state index in [2.05, 4.69) is 11.9 Å². The number of hydrogen-bond acceptors (Lipinski definition) is 5. The van der Waals surface area contributed by atoms with E-state index < -0.39 is 18.1 Å². The highest BCUT2D eigenvalue weighted by atomic mass is 16.5. The summed E-state index contributed by atoms with van der Waals surface area (Å²) in [5, 5.41) is 12.0. The molecule has 0 bridgehead atoms. The molecule has 2 unspecified atom stereocenters. The van der Waals surface area contributed by atoms with Gasteiger partial charge in [-0.2, -0.15) is 0 Å². The van der Waals surface area contributed by atoms with Gasteiger partial charge in [0.2, 0.25) is 6.41 Å². The molecule has 0 aliphatic carbocycles. The Hall–Kier alpha value is -1.40. The Bertz CT molecular complexity index is 267. The van der Waals surface area contributed by atoms with Crippen LogP contribution in [0.25, 0.3) is 0 Å². The van der Waals surface area contributed by atoms with Crippen molar-refractivity contribution in [2.45, 2.75) is 26.0 Å². The van der Waals surface area contributed by atoms with Crippen LogP contribution < -0.4 is 5.32 Å². The van der Waals surface area contributed by atoms with E-state index in [1.165, 1.54) is 0 Å². The number of amides is 1. The molecule has 0 spiro atoms. The average Bonchev–Trinajstić information content (AvgIpc) is 2.32. The summed E-state index contributed by atoms with van der Waals surface area (Å²) in [6, 6.07) is -1.15. The normalized spacial score (nSPS) is 13.6. The minimum Gasteiger partial charge on any atom is -0.464 e. The SMILES string of the molecule is C=C(COCC)C(O)C(NC=O)C(=O)OCC. The van der Waals surface area contributed by atoms with Crippen molar-refractivity contribution in [3.05, 3.63) is 12.2 Å². The summed E-state index contributed by atoms with van der Waals surface area (Å²) in [6.07, 6.45) is -0.899. The Morgan fingerprint density at radius 2 is 2.12 bits per heavy atom. The molecule has 6 heteroatoms. The van der Waals surface area contributed by atoms with E-state index in [9.17, 15) is 14.7 Å². The molecular weight excluding hydrogens is 226 g/mol. The molecule has 98 valence electrons. The molecule has 0 saturated carbocycles. The lowest BCUT2D eigenvalue weighted by Gasteiger charge is -2.22. The third-order valence-electron chi connectivity index (χ3n) is 2.01. The highest BCUT2D eigenvalue weighted by Gasteiger charge is 2.29. The van der Waals surface area contributed by atoms with Crippen LogP contribution in [0.2, 0.25) is 0 Å². The smallest absolute Gasteiger partial charge is 0.331 e. The molecule has 0 heterocycles. The van der Waals surface area contributed by atoms with Gasteiger partial charge in [-0.1, -0.05) is 6.58 Å². The van der Waals surface area contributed by atoms with Crippen molar-refractivity contribution in [2.24, 2.45) is 0 Å². The molecule has 0 aromatic carbocycles. The van der Waals surface area contributed by atoms with Gasteiger partial charge < -0.3 is 19.9 Å². The second-order valence-corrected chi connectivity index (χ2v) is 3.25. The first-order valence-corrected chi connectivity index (χ1v) is 5.38. The van der Waals surface area contributed by atoms with Crippen molar-refractivity contribution in [1.82, 2.24) is 5.32 Å². The Labute approximate surface area is 101 Å². The average molecular weight is 245 g/mol. The maximum absolute atomic E-state index is 11.5. The largest absolute Gasteiger partial charge is 0.464 e. The molecule has 6 nitrogen and oxygen atoms in total. The molecule has 0 aromatic rings. The molecule has 0 aliphatic heterocycles. The summed E-state index contributed by atoms with van der Waals surface area (Å²) in [5.74, 6) is -0.704. The van der Waals surface area contributed by atoms with E-state index in [0.29, 0.717) is 18.6 Å². The second kappa shape index (κ2) is 8.72. The molecule has 2 atom stereocenters. The van der Waals surface area contributed by atoms with Crippen LogP contribution >= 0.6 is 0 Å². The Balaban J connectivity index is 4.51. The number of esters is 1. The predicted octanol–water partition coefficient (Wildman–Crippen LogP) is -0.382. The van der Waals surface area contributed by atoms with Crippen molar-refractivity contribution in [3.8, 4) is 0 Å². The van der Waals surface area contributed by atoms with Crippen molar-refractivity contribution in [2.75, 3.05) is 19.8 Å². The van der Waals surface area contributed by atoms with E-state index in [1.807, 2.05) is 0 Å². The molecule has 0 rings (SSSR count). The summed E-state index contributed by atoms with van der Waals surface area (Å²) in [6.45, 7) is 7.79. The van der Waals surface area contributed by atoms with E-state index in [4.69, 9.17) is 9.47 Å². The van der Waals surface area contributed by atoms with E-state index in [1.54, 1.807) is 13.8 Å². The van der Waals surface area contributed by atoms with E-state index >= 15 is 0 Å². The molecule has 2 N–H and O–H groups in total. The van der Waals surface area contributed by atoms with Crippen LogP contribution in [0.15, 0.2) is 12.2 Å². The van der Waals surface area contributed by atoms with Crippen molar-refractivity contribution in [1.29, 1.82) is 0 Å². The zero-order valence-corrected chi connectivity index (χ0v) is 10.1. The van der Waals surface area contributed by atoms with Crippen LogP contribution in [0, 0.1) is 0 Å². The quantitative estimate of drug-likeness (QED) is 0.328. The van der Waals surface area contributed by atoms with Crippen LogP contribution in [0.3, 0.4) is 0 Å². The highest BCUT2D eigenvalue weighted by Crippen LogP contribution is 2.07. The Morgan fingerprint density at radius 1 is 1.47 bits per heavy atom. The summed E-state index contributed by atoms with van der Waals surface area (Å²) in [5.41, 5.74) is 0.305. The molecular formula is C11H19NO5. The third-order valence-corrected chi connectivity index (χ3v) is 2.01. The minimum atomic E-state index is -1.23. The molecule has 0 aliphatic rings. The molecule has 17 heavy (non-hydrogen) atoms. The fourth-order valence-corrected chi connectivity index (χ4v) is 1.15. The summed E-state index contributed by atoms with van der Waals surface area (Å²) >= 11 is 0. The summed E-state index contributed by atoms with van der Waals surface area (Å²) < 4.78 is 9.79. The van der Waals surface area contributed by atoms with Gasteiger partial charge in [0.05, 0.1) is 13.2 Å². The van der Waals surface area contributed by atoms with Crippen LogP contribution in [-0.4, -0.2) is 49.5 Å². The fraction of sp³-hybridized carbons (Fsp3) is 0.636. The van der Waals surface area contributed by atoms with E-state index in [0.717, 1.165) is 0 Å². The van der Waals surface area contributed by atoms with Crippen LogP contribution in [0.1, 0.15) is 13.8 Å². The zero-order valence-electron chi connectivity index (χ0n) is 10.1. The lowest BCUT2D eigenvalue weighted by molar-refractivity contribution is -0.149. The van der Waals surface area contributed by atoms with Crippen LogP contribution in [0.4, 0.5) is 0 Å². The fourth-order valence-electron chi connectivity index (χ4n) is 1.15. The zero-order chi connectivity index (χ0) is 13.3. The van der Waals surface area contributed by atoms with Gasteiger partial charge in [0, 0.05) is 6.61 Å². The Kier molecular flexibility index (Phi) is 8.00. The van der Waals surface area contributed by atoms with Gasteiger partial charge in [-0.3, -0.25) is 4.79 Å². The first-order chi connectivity index (χ1) is 8.08. The molecule has 0 aromatic heterocycles. The summed E-state index contributed by atoms with van der Waals surface area (Å²) in [4.78, 5) is 21.8. The van der Waals surface area contributed by atoms with Crippen molar-refractivity contribution < 1.29 is 24.2 Å².